The first-order chi connectivity index (χ1) is 5.95. The summed E-state index contributed by atoms with van der Waals surface area (Å²) in [6.45, 7) is 6.10. The SMILES string of the molecule is Cc1cc(B(O)O)c([SiH3])c(C)c1C. The summed E-state index contributed by atoms with van der Waals surface area (Å²) in [5.74, 6) is 0. The molecule has 0 atom stereocenters. The molecule has 1 rings (SSSR count). The molecular weight excluding hydrogens is 179 g/mol. The number of aryl methyl sites for hydroxylation is 1. The molecule has 13 heavy (non-hydrogen) atoms. The van der Waals surface area contributed by atoms with Crippen LogP contribution in [0.15, 0.2) is 6.07 Å². The van der Waals surface area contributed by atoms with Gasteiger partial charge in [0.05, 0.1) is 0 Å². The molecule has 0 heterocycles. The molecule has 0 fully saturated rings. The van der Waals surface area contributed by atoms with Crippen molar-refractivity contribution < 1.29 is 10.0 Å². The molecule has 70 valence electrons. The van der Waals surface area contributed by atoms with Gasteiger partial charge in [-0.25, -0.2) is 0 Å². The van der Waals surface area contributed by atoms with Gasteiger partial charge in [0.2, 0.25) is 0 Å². The first-order valence-electron chi connectivity index (χ1n) is 4.38. The van der Waals surface area contributed by atoms with Crippen molar-refractivity contribution in [2.75, 3.05) is 0 Å². The maximum absolute atomic E-state index is 9.12. The highest BCUT2D eigenvalue weighted by molar-refractivity contribution is 6.65. The largest absolute Gasteiger partial charge is 0.488 e. The third-order valence-corrected chi connectivity index (χ3v) is 4.13. The lowest BCUT2D eigenvalue weighted by Gasteiger charge is -2.13. The van der Waals surface area contributed by atoms with E-state index in [9.17, 15) is 0 Å². The Balaban J connectivity index is 3.41. The maximum Gasteiger partial charge on any atom is 0.488 e. The fraction of sp³-hybridized carbons (Fsp3) is 0.333. The van der Waals surface area contributed by atoms with Crippen molar-refractivity contribution in [2.45, 2.75) is 20.8 Å². The van der Waals surface area contributed by atoms with E-state index < -0.39 is 7.12 Å². The average molecular weight is 194 g/mol. The molecule has 1 aromatic carbocycles. The first-order valence-corrected chi connectivity index (χ1v) is 5.38. The Labute approximate surface area is 82.2 Å². The van der Waals surface area contributed by atoms with E-state index in [-0.39, 0.29) is 0 Å². The van der Waals surface area contributed by atoms with E-state index in [1.54, 1.807) is 0 Å². The van der Waals surface area contributed by atoms with Gasteiger partial charge in [0.25, 0.3) is 0 Å². The van der Waals surface area contributed by atoms with E-state index in [1.807, 2.05) is 19.9 Å². The van der Waals surface area contributed by atoms with Crippen LogP contribution in [0.2, 0.25) is 0 Å². The van der Waals surface area contributed by atoms with E-state index >= 15 is 0 Å². The van der Waals surface area contributed by atoms with Crippen molar-refractivity contribution in [3.8, 4) is 0 Å². The van der Waals surface area contributed by atoms with Crippen molar-refractivity contribution in [1.82, 2.24) is 0 Å². The average Bonchev–Trinajstić information content (AvgIpc) is 2.07. The highest BCUT2D eigenvalue weighted by atomic mass is 28.1. The van der Waals surface area contributed by atoms with Gasteiger partial charge in [-0.3, -0.25) is 0 Å². The second kappa shape index (κ2) is 3.66. The maximum atomic E-state index is 9.12. The molecule has 0 aromatic heterocycles. The quantitative estimate of drug-likeness (QED) is 0.522. The molecule has 0 bridgehead atoms. The monoisotopic (exact) mass is 194 g/mol. The van der Waals surface area contributed by atoms with Crippen LogP contribution >= 0.6 is 0 Å². The lowest BCUT2D eigenvalue weighted by atomic mass is 9.77. The molecular formula is C9H15BO2Si. The van der Waals surface area contributed by atoms with Crippen LogP contribution in [0.1, 0.15) is 16.7 Å². The molecule has 0 aliphatic carbocycles. The summed E-state index contributed by atoms with van der Waals surface area (Å²) in [6, 6.07) is 1.87. The molecule has 0 unspecified atom stereocenters. The zero-order valence-corrected chi connectivity index (χ0v) is 10.5. The molecule has 4 heteroatoms. The van der Waals surface area contributed by atoms with Crippen LogP contribution < -0.4 is 10.6 Å². The molecule has 2 nitrogen and oxygen atoms in total. The molecule has 1 aromatic rings. The van der Waals surface area contributed by atoms with E-state index in [2.05, 4.69) is 6.92 Å². The Morgan fingerprint density at radius 1 is 1.15 bits per heavy atom. The van der Waals surface area contributed by atoms with E-state index in [0.29, 0.717) is 5.46 Å². The smallest absolute Gasteiger partial charge is 0.423 e. The van der Waals surface area contributed by atoms with Crippen LogP contribution in [0.25, 0.3) is 0 Å². The van der Waals surface area contributed by atoms with E-state index in [4.69, 9.17) is 10.0 Å². The van der Waals surface area contributed by atoms with Crippen molar-refractivity contribution in [3.05, 3.63) is 22.8 Å². The van der Waals surface area contributed by atoms with Gasteiger partial charge in [0, 0.05) is 10.2 Å². The van der Waals surface area contributed by atoms with Crippen molar-refractivity contribution in [3.63, 3.8) is 0 Å². The van der Waals surface area contributed by atoms with Crippen LogP contribution in [0.3, 0.4) is 0 Å². The molecule has 0 spiro atoms. The number of benzene rings is 1. The van der Waals surface area contributed by atoms with Crippen LogP contribution in [-0.2, 0) is 0 Å². The Morgan fingerprint density at radius 2 is 1.69 bits per heavy atom. The van der Waals surface area contributed by atoms with E-state index in [0.717, 1.165) is 21.0 Å². The standard InChI is InChI=1S/C9H15BO2Si/c1-5-4-8(10(11)12)9(13)7(3)6(5)2/h4,11-12H,1-3,13H3. The Hall–Kier alpha value is -0.578. The van der Waals surface area contributed by atoms with Gasteiger partial charge in [-0.15, -0.1) is 0 Å². The fourth-order valence-electron chi connectivity index (χ4n) is 1.51. The second-order valence-electron chi connectivity index (χ2n) is 3.53. The third-order valence-electron chi connectivity index (χ3n) is 2.80. The normalized spacial score (nSPS) is 10.5. The predicted molar refractivity (Wildman–Crippen MR) is 60.1 cm³/mol. The van der Waals surface area contributed by atoms with Gasteiger partial charge >= 0.3 is 7.12 Å². The molecule has 0 aliphatic rings. The van der Waals surface area contributed by atoms with Gasteiger partial charge in [0.1, 0.15) is 0 Å². The number of rotatable bonds is 1. The minimum absolute atomic E-state index is 0.673. The number of hydrogen-bond acceptors (Lipinski definition) is 2. The van der Waals surface area contributed by atoms with Gasteiger partial charge in [-0.05, 0) is 37.4 Å². The summed E-state index contributed by atoms with van der Waals surface area (Å²) in [7, 11) is -0.476. The zero-order chi connectivity index (χ0) is 10.2. The van der Waals surface area contributed by atoms with Crippen LogP contribution in [0, 0.1) is 20.8 Å². The molecule has 0 saturated carbocycles. The summed E-state index contributed by atoms with van der Waals surface area (Å²) in [6.07, 6.45) is 0. The summed E-state index contributed by atoms with van der Waals surface area (Å²) >= 11 is 0. The van der Waals surface area contributed by atoms with Crippen molar-refractivity contribution >= 4 is 28.0 Å². The number of hydrogen-bond donors (Lipinski definition) is 2. The van der Waals surface area contributed by atoms with Gasteiger partial charge in [-0.1, -0.05) is 16.8 Å². The molecule has 0 amide bonds. The zero-order valence-electron chi connectivity index (χ0n) is 8.55. The van der Waals surface area contributed by atoms with Gasteiger partial charge in [0.15, 0.2) is 0 Å². The van der Waals surface area contributed by atoms with E-state index in [1.165, 1.54) is 11.1 Å². The molecule has 0 saturated heterocycles. The predicted octanol–water partition coefficient (Wildman–Crippen LogP) is -1.72. The highest BCUT2D eigenvalue weighted by Crippen LogP contribution is 2.07. The van der Waals surface area contributed by atoms with Crippen LogP contribution in [0.4, 0.5) is 0 Å². The summed E-state index contributed by atoms with van der Waals surface area (Å²) < 4.78 is 0. The molecule has 0 aliphatic heterocycles. The third kappa shape index (κ3) is 1.85. The Bertz CT molecular complexity index is 337. The highest BCUT2D eigenvalue weighted by Gasteiger charge is 2.16. The lowest BCUT2D eigenvalue weighted by molar-refractivity contribution is 0.426. The molecule has 0 radical (unpaired) electrons. The molecule has 2 N–H and O–H groups in total. The minimum Gasteiger partial charge on any atom is -0.423 e. The van der Waals surface area contributed by atoms with Gasteiger partial charge < -0.3 is 10.0 Å². The summed E-state index contributed by atoms with van der Waals surface area (Å²) in [4.78, 5) is 0. The van der Waals surface area contributed by atoms with Crippen LogP contribution in [0.5, 0.6) is 0 Å². The summed E-state index contributed by atoms with van der Waals surface area (Å²) in [5, 5.41) is 19.4. The van der Waals surface area contributed by atoms with Crippen molar-refractivity contribution in [2.24, 2.45) is 0 Å². The minimum atomic E-state index is -1.33. The first kappa shape index (κ1) is 10.5. The fourth-order valence-corrected chi connectivity index (χ4v) is 2.29. The Kier molecular flexibility index (Phi) is 2.95. The Morgan fingerprint density at radius 3 is 2.15 bits per heavy atom. The second-order valence-corrected chi connectivity index (χ2v) is 4.53. The van der Waals surface area contributed by atoms with Gasteiger partial charge in [-0.2, -0.15) is 0 Å². The van der Waals surface area contributed by atoms with Crippen LogP contribution in [-0.4, -0.2) is 27.4 Å². The topological polar surface area (TPSA) is 40.5 Å². The lowest BCUT2D eigenvalue weighted by Crippen LogP contribution is -2.43. The van der Waals surface area contributed by atoms with Crippen molar-refractivity contribution in [1.29, 1.82) is 0 Å². The summed E-state index contributed by atoms with van der Waals surface area (Å²) in [5.41, 5.74) is 4.26.